The van der Waals surface area contributed by atoms with Crippen LogP contribution in [0, 0.1) is 0 Å². The Morgan fingerprint density at radius 1 is 0.867 bits per heavy atom. The number of nitrogens with zero attached hydrogens (tertiary/aromatic N) is 1. The molecule has 3 aromatic carbocycles. The first kappa shape index (κ1) is 21.9. The van der Waals surface area contributed by atoms with E-state index in [1.165, 1.54) is 17.7 Å². The minimum atomic E-state index is -3.96. The topological polar surface area (TPSA) is 66.5 Å². The Balaban J connectivity index is 1.71. The average Bonchev–Trinajstić information content (AvgIpc) is 2.77. The highest BCUT2D eigenvalue weighted by atomic mass is 35.5. The molecule has 1 amide bonds. The molecule has 0 aromatic heterocycles. The highest BCUT2D eigenvalue weighted by molar-refractivity contribution is 7.92. The van der Waals surface area contributed by atoms with E-state index in [4.69, 9.17) is 11.6 Å². The zero-order chi connectivity index (χ0) is 21.4. The molecule has 0 heterocycles. The summed E-state index contributed by atoms with van der Waals surface area (Å²) in [5.74, 6) is -0.387. The molecule has 7 heteroatoms. The number of rotatable bonds is 9. The van der Waals surface area contributed by atoms with Gasteiger partial charge in [0, 0.05) is 6.54 Å². The third-order valence-corrected chi connectivity index (χ3v) is 6.64. The standard InChI is InChI=1S/C23H23ClN2O3S/c24-21-15-7-8-16-22(21)26(30(28,29)20-13-5-2-6-14-20)18-23(27)25-17-9-12-19-10-3-1-4-11-19/h1-8,10-11,13-16H,9,12,17-18H2,(H,25,27). The molecule has 0 radical (unpaired) electrons. The molecule has 3 rings (SSSR count). The highest BCUT2D eigenvalue weighted by Crippen LogP contribution is 2.30. The van der Waals surface area contributed by atoms with Crippen LogP contribution in [0.4, 0.5) is 5.69 Å². The summed E-state index contributed by atoms with van der Waals surface area (Å²) in [5, 5.41) is 3.07. The zero-order valence-corrected chi connectivity index (χ0v) is 17.9. The predicted octanol–water partition coefficient (Wildman–Crippen LogP) is 4.28. The van der Waals surface area contributed by atoms with Gasteiger partial charge in [-0.05, 0) is 42.7 Å². The molecule has 0 saturated carbocycles. The summed E-state index contributed by atoms with van der Waals surface area (Å²) in [4.78, 5) is 12.7. The molecule has 0 fully saturated rings. The van der Waals surface area contributed by atoms with Crippen LogP contribution >= 0.6 is 11.6 Å². The maximum absolute atomic E-state index is 13.2. The smallest absolute Gasteiger partial charge is 0.264 e. The molecule has 5 nitrogen and oxygen atoms in total. The van der Waals surface area contributed by atoms with Gasteiger partial charge in [-0.1, -0.05) is 72.3 Å². The van der Waals surface area contributed by atoms with E-state index < -0.39 is 10.0 Å². The van der Waals surface area contributed by atoms with Gasteiger partial charge in [-0.2, -0.15) is 0 Å². The number of aryl methyl sites for hydroxylation is 1. The van der Waals surface area contributed by atoms with Crippen molar-refractivity contribution in [3.05, 3.63) is 95.5 Å². The molecule has 0 saturated heterocycles. The molecule has 156 valence electrons. The number of halogens is 1. The molecule has 3 aromatic rings. The molecule has 0 atom stereocenters. The van der Waals surface area contributed by atoms with Crippen LogP contribution in [0.3, 0.4) is 0 Å². The molecule has 0 aliphatic heterocycles. The third-order valence-electron chi connectivity index (χ3n) is 4.55. The van der Waals surface area contributed by atoms with E-state index >= 15 is 0 Å². The second-order valence-electron chi connectivity index (χ2n) is 6.72. The van der Waals surface area contributed by atoms with E-state index in [0.717, 1.165) is 17.1 Å². The van der Waals surface area contributed by atoms with Gasteiger partial charge in [-0.25, -0.2) is 8.42 Å². The van der Waals surface area contributed by atoms with Crippen molar-refractivity contribution in [2.75, 3.05) is 17.4 Å². The van der Waals surface area contributed by atoms with E-state index in [0.29, 0.717) is 6.54 Å². The van der Waals surface area contributed by atoms with Gasteiger partial charge in [0.25, 0.3) is 10.0 Å². The maximum atomic E-state index is 13.2. The lowest BCUT2D eigenvalue weighted by molar-refractivity contribution is -0.119. The zero-order valence-electron chi connectivity index (χ0n) is 16.4. The largest absolute Gasteiger partial charge is 0.355 e. The molecular weight excluding hydrogens is 420 g/mol. The molecule has 0 aliphatic carbocycles. The summed E-state index contributed by atoms with van der Waals surface area (Å²) < 4.78 is 27.5. The fourth-order valence-corrected chi connectivity index (χ4v) is 4.77. The van der Waals surface area contributed by atoms with Crippen molar-refractivity contribution in [2.24, 2.45) is 0 Å². The van der Waals surface area contributed by atoms with Crippen LogP contribution in [-0.4, -0.2) is 27.4 Å². The quantitative estimate of drug-likeness (QED) is 0.503. The summed E-state index contributed by atoms with van der Waals surface area (Å²) in [6, 6.07) is 24.6. The fraction of sp³-hybridized carbons (Fsp3) is 0.174. The van der Waals surface area contributed by atoms with E-state index in [1.54, 1.807) is 42.5 Å². The number of carbonyl (C=O) groups excluding carboxylic acids is 1. The molecule has 0 unspecified atom stereocenters. The Morgan fingerprint density at radius 3 is 2.13 bits per heavy atom. The van der Waals surface area contributed by atoms with Crippen LogP contribution in [0.5, 0.6) is 0 Å². The van der Waals surface area contributed by atoms with Crippen LogP contribution in [-0.2, 0) is 21.2 Å². The highest BCUT2D eigenvalue weighted by Gasteiger charge is 2.28. The van der Waals surface area contributed by atoms with E-state index in [9.17, 15) is 13.2 Å². The number of para-hydroxylation sites is 1. The van der Waals surface area contributed by atoms with Crippen molar-refractivity contribution < 1.29 is 13.2 Å². The van der Waals surface area contributed by atoms with Crippen LogP contribution in [0.25, 0.3) is 0 Å². The van der Waals surface area contributed by atoms with E-state index in [1.807, 2.05) is 30.3 Å². The number of benzene rings is 3. The van der Waals surface area contributed by atoms with Crippen LogP contribution in [0.1, 0.15) is 12.0 Å². The van der Waals surface area contributed by atoms with Crippen molar-refractivity contribution in [1.82, 2.24) is 5.32 Å². The lowest BCUT2D eigenvalue weighted by Gasteiger charge is -2.25. The Morgan fingerprint density at radius 2 is 1.47 bits per heavy atom. The first-order valence-electron chi connectivity index (χ1n) is 9.61. The van der Waals surface area contributed by atoms with E-state index in [2.05, 4.69) is 5.32 Å². The van der Waals surface area contributed by atoms with Crippen molar-refractivity contribution in [3.8, 4) is 0 Å². The fourth-order valence-electron chi connectivity index (χ4n) is 3.02. The number of carbonyl (C=O) groups is 1. The number of nitrogens with one attached hydrogen (secondary N) is 1. The first-order chi connectivity index (χ1) is 14.5. The molecule has 30 heavy (non-hydrogen) atoms. The monoisotopic (exact) mass is 442 g/mol. The van der Waals surface area contributed by atoms with Gasteiger partial charge in [0.1, 0.15) is 6.54 Å². The van der Waals surface area contributed by atoms with Gasteiger partial charge in [0.05, 0.1) is 15.6 Å². The summed E-state index contributed by atoms with van der Waals surface area (Å²) in [6.45, 7) is 0.0990. The normalized spacial score (nSPS) is 11.1. The number of amides is 1. The summed E-state index contributed by atoms with van der Waals surface area (Å²) in [6.07, 6.45) is 1.59. The van der Waals surface area contributed by atoms with Crippen LogP contribution in [0.2, 0.25) is 5.02 Å². The Kier molecular flexibility index (Phi) is 7.49. The van der Waals surface area contributed by atoms with Gasteiger partial charge in [0.2, 0.25) is 5.91 Å². The van der Waals surface area contributed by atoms with Crippen molar-refractivity contribution in [2.45, 2.75) is 17.7 Å². The summed E-state index contributed by atoms with van der Waals surface area (Å²) in [7, 11) is -3.96. The maximum Gasteiger partial charge on any atom is 0.264 e. The number of anilines is 1. The molecule has 0 aliphatic rings. The van der Waals surface area contributed by atoms with Gasteiger partial charge in [0.15, 0.2) is 0 Å². The SMILES string of the molecule is O=C(CN(c1ccccc1Cl)S(=O)(=O)c1ccccc1)NCCCc1ccccc1. The summed E-state index contributed by atoms with van der Waals surface area (Å²) in [5.41, 5.74) is 1.46. The second kappa shape index (κ2) is 10.3. The minimum Gasteiger partial charge on any atom is -0.355 e. The van der Waals surface area contributed by atoms with Crippen LogP contribution < -0.4 is 9.62 Å². The molecule has 0 bridgehead atoms. The van der Waals surface area contributed by atoms with Crippen molar-refractivity contribution in [1.29, 1.82) is 0 Å². The Hall–Kier alpha value is -2.83. The minimum absolute atomic E-state index is 0.0989. The number of hydrogen-bond donors (Lipinski definition) is 1. The third kappa shape index (κ3) is 5.62. The Bertz CT molecular complexity index is 1070. The molecule has 1 N–H and O–H groups in total. The van der Waals surface area contributed by atoms with Gasteiger partial charge in [-0.3, -0.25) is 9.10 Å². The summed E-state index contributed by atoms with van der Waals surface area (Å²) >= 11 is 6.25. The lowest BCUT2D eigenvalue weighted by Crippen LogP contribution is -2.41. The van der Waals surface area contributed by atoms with Gasteiger partial charge < -0.3 is 5.32 Å². The molecular formula is C23H23ClN2O3S. The first-order valence-corrected chi connectivity index (χ1v) is 11.4. The molecule has 0 spiro atoms. The van der Waals surface area contributed by atoms with Crippen molar-refractivity contribution in [3.63, 3.8) is 0 Å². The number of hydrogen-bond acceptors (Lipinski definition) is 3. The number of sulfonamides is 1. The van der Waals surface area contributed by atoms with Crippen molar-refractivity contribution >= 4 is 33.2 Å². The lowest BCUT2D eigenvalue weighted by atomic mass is 10.1. The van der Waals surface area contributed by atoms with Gasteiger partial charge in [-0.15, -0.1) is 0 Å². The second-order valence-corrected chi connectivity index (χ2v) is 8.98. The average molecular weight is 443 g/mol. The Labute approximate surface area is 182 Å². The van der Waals surface area contributed by atoms with Gasteiger partial charge >= 0.3 is 0 Å². The predicted molar refractivity (Wildman–Crippen MR) is 120 cm³/mol. The van der Waals surface area contributed by atoms with E-state index in [-0.39, 0.29) is 28.1 Å². The van der Waals surface area contributed by atoms with Crippen LogP contribution in [0.15, 0.2) is 89.8 Å².